The summed E-state index contributed by atoms with van der Waals surface area (Å²) < 4.78 is 16.0. The molecule has 1 aliphatic rings. The fourth-order valence-electron chi connectivity index (χ4n) is 3.48. The van der Waals surface area contributed by atoms with Crippen molar-refractivity contribution in [3.05, 3.63) is 53.1 Å². The Kier molecular flexibility index (Phi) is 6.76. The summed E-state index contributed by atoms with van der Waals surface area (Å²) in [7, 11) is 4.71. The number of benzene rings is 2. The van der Waals surface area contributed by atoms with Gasteiger partial charge in [-0.25, -0.2) is 0 Å². The molecule has 1 N–H and O–H groups in total. The molecule has 28 heavy (non-hydrogen) atoms. The first kappa shape index (κ1) is 20.0. The molecule has 2 aromatic rings. The zero-order chi connectivity index (χ0) is 19.9. The molecule has 2 aromatic carbocycles. The van der Waals surface area contributed by atoms with Gasteiger partial charge in [-0.1, -0.05) is 12.1 Å². The standard InChI is InChI=1S/C22H28N2O4/c1-26-19-12-17(13-20(27-2)21(19)28-3)14-23-22(25)18-8-6-16(7-9-18)15-24-10-4-5-11-24/h6-9,12-13H,4-5,10-11,14-15H2,1-3H3,(H,23,25). The number of carbonyl (C=O) groups is 1. The largest absolute Gasteiger partial charge is 0.493 e. The second-order valence-electron chi connectivity index (χ2n) is 6.90. The van der Waals surface area contributed by atoms with Crippen molar-refractivity contribution in [2.24, 2.45) is 0 Å². The highest BCUT2D eigenvalue weighted by atomic mass is 16.5. The van der Waals surface area contributed by atoms with Gasteiger partial charge in [-0.2, -0.15) is 0 Å². The highest BCUT2D eigenvalue weighted by molar-refractivity contribution is 5.94. The van der Waals surface area contributed by atoms with Gasteiger partial charge < -0.3 is 19.5 Å². The van der Waals surface area contributed by atoms with Gasteiger partial charge in [-0.05, 0) is 61.3 Å². The Morgan fingerprint density at radius 3 is 2.07 bits per heavy atom. The van der Waals surface area contributed by atoms with Crippen molar-refractivity contribution >= 4 is 5.91 Å². The van der Waals surface area contributed by atoms with Crippen LogP contribution >= 0.6 is 0 Å². The number of hydrogen-bond donors (Lipinski definition) is 1. The Bertz CT molecular complexity index is 774. The zero-order valence-corrected chi connectivity index (χ0v) is 16.8. The van der Waals surface area contributed by atoms with E-state index in [2.05, 4.69) is 10.2 Å². The molecule has 0 atom stereocenters. The number of carbonyl (C=O) groups excluding carboxylic acids is 1. The minimum absolute atomic E-state index is 0.110. The highest BCUT2D eigenvalue weighted by Crippen LogP contribution is 2.38. The van der Waals surface area contributed by atoms with Crippen LogP contribution in [0.3, 0.4) is 0 Å². The number of rotatable bonds is 8. The van der Waals surface area contributed by atoms with E-state index in [0.717, 1.165) is 25.2 Å². The minimum atomic E-state index is -0.110. The predicted octanol–water partition coefficient (Wildman–Crippen LogP) is 3.24. The quantitative estimate of drug-likeness (QED) is 0.757. The molecule has 3 rings (SSSR count). The number of amides is 1. The van der Waals surface area contributed by atoms with Crippen LogP contribution < -0.4 is 19.5 Å². The zero-order valence-electron chi connectivity index (χ0n) is 16.8. The van der Waals surface area contributed by atoms with Crippen LogP contribution in [-0.4, -0.2) is 45.2 Å². The van der Waals surface area contributed by atoms with E-state index in [9.17, 15) is 4.79 Å². The molecule has 6 heteroatoms. The molecular formula is C22H28N2O4. The lowest BCUT2D eigenvalue weighted by molar-refractivity contribution is 0.0951. The number of nitrogens with one attached hydrogen (secondary N) is 1. The van der Waals surface area contributed by atoms with E-state index in [1.54, 1.807) is 21.3 Å². The van der Waals surface area contributed by atoms with E-state index >= 15 is 0 Å². The number of nitrogens with zero attached hydrogens (tertiary/aromatic N) is 1. The van der Waals surface area contributed by atoms with Crippen molar-refractivity contribution in [1.82, 2.24) is 10.2 Å². The average molecular weight is 384 g/mol. The van der Waals surface area contributed by atoms with Gasteiger partial charge in [-0.15, -0.1) is 0 Å². The summed E-state index contributed by atoms with van der Waals surface area (Å²) in [5, 5.41) is 2.95. The molecule has 1 heterocycles. The van der Waals surface area contributed by atoms with Crippen LogP contribution in [0.2, 0.25) is 0 Å². The first-order valence-corrected chi connectivity index (χ1v) is 9.53. The second kappa shape index (κ2) is 9.46. The number of hydrogen-bond acceptors (Lipinski definition) is 5. The molecule has 150 valence electrons. The van der Waals surface area contributed by atoms with Gasteiger partial charge in [0.05, 0.1) is 21.3 Å². The van der Waals surface area contributed by atoms with Crippen molar-refractivity contribution < 1.29 is 19.0 Å². The van der Waals surface area contributed by atoms with Crippen LogP contribution in [0.4, 0.5) is 0 Å². The van der Waals surface area contributed by atoms with E-state index < -0.39 is 0 Å². The van der Waals surface area contributed by atoms with E-state index in [4.69, 9.17) is 14.2 Å². The molecule has 0 aromatic heterocycles. The van der Waals surface area contributed by atoms with Gasteiger partial charge in [0.1, 0.15) is 0 Å². The molecule has 0 unspecified atom stereocenters. The van der Waals surface area contributed by atoms with Crippen LogP contribution in [0.1, 0.15) is 34.3 Å². The van der Waals surface area contributed by atoms with Crippen molar-refractivity contribution in [2.45, 2.75) is 25.9 Å². The summed E-state index contributed by atoms with van der Waals surface area (Å²) in [5.74, 6) is 1.56. The molecule has 0 radical (unpaired) electrons. The number of likely N-dealkylation sites (tertiary alicyclic amines) is 1. The molecule has 0 spiro atoms. The molecule has 6 nitrogen and oxygen atoms in total. The molecule has 1 amide bonds. The Hall–Kier alpha value is -2.73. The second-order valence-corrected chi connectivity index (χ2v) is 6.90. The lowest BCUT2D eigenvalue weighted by Crippen LogP contribution is -2.23. The van der Waals surface area contributed by atoms with Crippen LogP contribution in [0, 0.1) is 0 Å². The maximum absolute atomic E-state index is 12.5. The Morgan fingerprint density at radius 1 is 0.929 bits per heavy atom. The number of ether oxygens (including phenoxy) is 3. The Balaban J connectivity index is 1.62. The van der Waals surface area contributed by atoms with Crippen LogP contribution in [0.5, 0.6) is 17.2 Å². The Morgan fingerprint density at radius 2 is 1.54 bits per heavy atom. The van der Waals surface area contributed by atoms with Gasteiger partial charge >= 0.3 is 0 Å². The summed E-state index contributed by atoms with van der Waals surface area (Å²) in [5.41, 5.74) is 2.76. The van der Waals surface area contributed by atoms with Gasteiger partial charge in [0.25, 0.3) is 5.91 Å². The van der Waals surface area contributed by atoms with Crippen molar-refractivity contribution in [1.29, 1.82) is 0 Å². The van der Waals surface area contributed by atoms with E-state index in [0.29, 0.717) is 29.4 Å². The van der Waals surface area contributed by atoms with E-state index in [1.807, 2.05) is 36.4 Å². The molecule has 1 aliphatic heterocycles. The SMILES string of the molecule is COc1cc(CNC(=O)c2ccc(CN3CCCC3)cc2)cc(OC)c1OC. The molecular weight excluding hydrogens is 356 g/mol. The lowest BCUT2D eigenvalue weighted by Gasteiger charge is -2.15. The smallest absolute Gasteiger partial charge is 0.251 e. The molecule has 1 fully saturated rings. The number of methoxy groups -OCH3 is 3. The normalized spacial score (nSPS) is 14.0. The predicted molar refractivity (Wildman–Crippen MR) is 108 cm³/mol. The van der Waals surface area contributed by atoms with E-state index in [-0.39, 0.29) is 5.91 Å². The van der Waals surface area contributed by atoms with Crippen LogP contribution in [-0.2, 0) is 13.1 Å². The summed E-state index contributed by atoms with van der Waals surface area (Å²) in [6, 6.07) is 11.5. The third-order valence-electron chi connectivity index (χ3n) is 5.00. The monoisotopic (exact) mass is 384 g/mol. The Labute approximate surface area is 166 Å². The van der Waals surface area contributed by atoms with E-state index in [1.165, 1.54) is 18.4 Å². The summed E-state index contributed by atoms with van der Waals surface area (Å²) in [4.78, 5) is 14.9. The first-order chi connectivity index (χ1) is 13.6. The molecule has 0 bridgehead atoms. The van der Waals surface area contributed by atoms with Crippen molar-refractivity contribution in [2.75, 3.05) is 34.4 Å². The highest BCUT2D eigenvalue weighted by Gasteiger charge is 2.15. The fourth-order valence-corrected chi connectivity index (χ4v) is 3.48. The third-order valence-corrected chi connectivity index (χ3v) is 5.00. The van der Waals surface area contributed by atoms with Crippen LogP contribution in [0.25, 0.3) is 0 Å². The maximum Gasteiger partial charge on any atom is 0.251 e. The molecule has 1 saturated heterocycles. The summed E-state index contributed by atoms with van der Waals surface area (Å²) in [6.45, 7) is 3.65. The molecule has 0 aliphatic carbocycles. The lowest BCUT2D eigenvalue weighted by atomic mass is 10.1. The van der Waals surface area contributed by atoms with Crippen molar-refractivity contribution in [3.63, 3.8) is 0 Å². The molecule has 0 saturated carbocycles. The van der Waals surface area contributed by atoms with Gasteiger partial charge in [0.15, 0.2) is 11.5 Å². The maximum atomic E-state index is 12.5. The fraction of sp³-hybridized carbons (Fsp3) is 0.409. The van der Waals surface area contributed by atoms with Gasteiger partial charge in [-0.3, -0.25) is 9.69 Å². The van der Waals surface area contributed by atoms with Crippen molar-refractivity contribution in [3.8, 4) is 17.2 Å². The minimum Gasteiger partial charge on any atom is -0.493 e. The summed E-state index contributed by atoms with van der Waals surface area (Å²) >= 11 is 0. The third kappa shape index (κ3) is 4.75. The topological polar surface area (TPSA) is 60.0 Å². The average Bonchev–Trinajstić information content (AvgIpc) is 3.24. The first-order valence-electron chi connectivity index (χ1n) is 9.53. The summed E-state index contributed by atoms with van der Waals surface area (Å²) in [6.07, 6.45) is 2.56. The van der Waals surface area contributed by atoms with Crippen LogP contribution in [0.15, 0.2) is 36.4 Å². The van der Waals surface area contributed by atoms with Gasteiger partial charge in [0, 0.05) is 18.7 Å². The van der Waals surface area contributed by atoms with Gasteiger partial charge in [0.2, 0.25) is 5.75 Å².